The number of amides is 1. The van der Waals surface area contributed by atoms with Crippen molar-refractivity contribution in [3.05, 3.63) is 88.5 Å². The van der Waals surface area contributed by atoms with E-state index in [1.165, 1.54) is 25.0 Å². The first-order valence-corrected chi connectivity index (χ1v) is 19.3. The van der Waals surface area contributed by atoms with Crippen molar-refractivity contribution in [3.63, 3.8) is 0 Å². The van der Waals surface area contributed by atoms with Crippen LogP contribution in [0.25, 0.3) is 0 Å². The molecule has 0 aromatic heterocycles. The number of nitrogens with one attached hydrogen (secondary N) is 2. The molecule has 13 heteroatoms. The molecule has 4 rings (SSSR count). The van der Waals surface area contributed by atoms with Gasteiger partial charge in [-0.3, -0.25) is 14.9 Å². The molecule has 1 fully saturated rings. The molecule has 0 bridgehead atoms. The Morgan fingerprint density at radius 1 is 1.06 bits per heavy atom. The topological polar surface area (TPSA) is 134 Å². The Morgan fingerprint density at radius 3 is 2.37 bits per heavy atom. The van der Waals surface area contributed by atoms with Gasteiger partial charge in [-0.2, -0.15) is 0 Å². The smallest absolute Gasteiger partial charge is 0.293 e. The van der Waals surface area contributed by atoms with Crippen LogP contribution in [0.3, 0.4) is 0 Å². The van der Waals surface area contributed by atoms with Crippen LogP contribution in [0.5, 0.6) is 0 Å². The van der Waals surface area contributed by atoms with Crippen molar-refractivity contribution in [2.24, 2.45) is 0 Å². The number of methoxy groups -OCH3 is 1. The van der Waals surface area contributed by atoms with Crippen molar-refractivity contribution in [3.8, 4) is 0 Å². The second-order valence-electron chi connectivity index (χ2n) is 12.8. The largest absolute Gasteiger partial charge is 0.378 e. The maximum Gasteiger partial charge on any atom is 0.293 e. The van der Waals surface area contributed by atoms with Crippen LogP contribution in [-0.2, 0) is 14.8 Å². The lowest BCUT2D eigenvalue weighted by molar-refractivity contribution is -0.384. The van der Waals surface area contributed by atoms with E-state index in [-0.39, 0.29) is 33.5 Å². The minimum atomic E-state index is -4.40. The highest BCUT2D eigenvalue weighted by atomic mass is 32.2. The maximum absolute atomic E-state index is 13.3. The van der Waals surface area contributed by atoms with Crippen LogP contribution in [0, 0.1) is 10.1 Å². The molecule has 0 unspecified atom stereocenters. The van der Waals surface area contributed by atoms with E-state index in [0.717, 1.165) is 62.0 Å². The highest BCUT2D eigenvalue weighted by Gasteiger charge is 2.34. The van der Waals surface area contributed by atoms with E-state index in [1.54, 1.807) is 31.0 Å². The van der Waals surface area contributed by atoms with Crippen molar-refractivity contribution in [2.45, 2.75) is 73.3 Å². The molecular weight excluding hydrogens is 663 g/mol. The van der Waals surface area contributed by atoms with Crippen LogP contribution >= 0.6 is 11.8 Å². The van der Waals surface area contributed by atoms with E-state index in [2.05, 4.69) is 21.9 Å². The summed E-state index contributed by atoms with van der Waals surface area (Å²) in [5.41, 5.74) is 0.844. The lowest BCUT2D eigenvalue weighted by Crippen LogP contribution is -2.45. The van der Waals surface area contributed by atoms with Gasteiger partial charge >= 0.3 is 0 Å². The molecule has 0 radical (unpaired) electrons. The summed E-state index contributed by atoms with van der Waals surface area (Å²) in [4.78, 5) is 29.5. The number of unbranched alkanes of at least 4 members (excludes halogenated alkanes) is 2. The van der Waals surface area contributed by atoms with E-state index in [4.69, 9.17) is 4.74 Å². The number of piperidine rings is 1. The molecular formula is C36H49N5O6S2. The van der Waals surface area contributed by atoms with E-state index >= 15 is 0 Å². The normalized spacial score (nSPS) is 15.2. The Kier molecular flexibility index (Phi) is 13.9. The first kappa shape index (κ1) is 38.2. The fraction of sp³-hybridized carbons (Fsp3) is 0.472. The molecule has 1 heterocycles. The summed E-state index contributed by atoms with van der Waals surface area (Å²) in [6.45, 7) is 4.60. The molecule has 0 aliphatic carbocycles. The minimum Gasteiger partial charge on any atom is -0.378 e. The van der Waals surface area contributed by atoms with Gasteiger partial charge in [-0.1, -0.05) is 44.4 Å². The third-order valence-corrected chi connectivity index (χ3v) is 11.5. The van der Waals surface area contributed by atoms with Crippen LogP contribution in [0.2, 0.25) is 0 Å². The third kappa shape index (κ3) is 10.9. The molecule has 1 saturated heterocycles. The van der Waals surface area contributed by atoms with Gasteiger partial charge < -0.3 is 19.9 Å². The Morgan fingerprint density at radius 2 is 1.76 bits per heavy atom. The predicted molar refractivity (Wildman–Crippen MR) is 197 cm³/mol. The van der Waals surface area contributed by atoms with Gasteiger partial charge in [-0.15, -0.1) is 11.8 Å². The van der Waals surface area contributed by atoms with Gasteiger partial charge in [0.25, 0.3) is 21.6 Å². The molecule has 0 spiro atoms. The van der Waals surface area contributed by atoms with Crippen molar-refractivity contribution >= 4 is 44.8 Å². The first-order valence-electron chi connectivity index (χ1n) is 16.8. The van der Waals surface area contributed by atoms with Crippen molar-refractivity contribution in [1.29, 1.82) is 0 Å². The number of sulfonamides is 1. The van der Waals surface area contributed by atoms with Gasteiger partial charge in [-0.25, -0.2) is 13.1 Å². The Hall–Kier alpha value is -3.65. The van der Waals surface area contributed by atoms with Gasteiger partial charge in [0, 0.05) is 54.2 Å². The molecule has 1 atom stereocenters. The summed E-state index contributed by atoms with van der Waals surface area (Å²) in [5.74, 6) is -0.166. The number of hydrogen-bond acceptors (Lipinski definition) is 10. The van der Waals surface area contributed by atoms with E-state index < -0.39 is 20.9 Å². The quantitative estimate of drug-likeness (QED) is 0.0628. The van der Waals surface area contributed by atoms with Crippen LogP contribution in [0.4, 0.5) is 17.1 Å². The van der Waals surface area contributed by atoms with Crippen LogP contribution in [0.1, 0.15) is 62.2 Å². The predicted octanol–water partition coefficient (Wildman–Crippen LogP) is 6.80. The van der Waals surface area contributed by atoms with Gasteiger partial charge in [0.15, 0.2) is 0 Å². The Balaban J connectivity index is 1.41. The van der Waals surface area contributed by atoms with E-state index in [9.17, 15) is 23.3 Å². The summed E-state index contributed by atoms with van der Waals surface area (Å²) in [6, 6.07) is 20.2. The molecule has 49 heavy (non-hydrogen) atoms. The number of anilines is 2. The highest BCUT2D eigenvalue weighted by Crippen LogP contribution is 2.34. The van der Waals surface area contributed by atoms with Crippen molar-refractivity contribution in [1.82, 2.24) is 9.62 Å². The lowest BCUT2D eigenvalue weighted by Gasteiger charge is -2.42. The number of benzene rings is 3. The number of carbonyl (C=O) groups is 1. The summed E-state index contributed by atoms with van der Waals surface area (Å²) in [7, 11) is 1.32. The molecule has 0 saturated carbocycles. The number of thioether (sulfide) groups is 1. The van der Waals surface area contributed by atoms with Crippen LogP contribution in [-0.4, -0.2) is 82.4 Å². The number of hydrogen-bond donors (Lipinski definition) is 2. The van der Waals surface area contributed by atoms with Crippen LogP contribution in [0.15, 0.2) is 82.6 Å². The van der Waals surface area contributed by atoms with Crippen LogP contribution < -0.4 is 14.9 Å². The van der Waals surface area contributed by atoms with Crippen molar-refractivity contribution < 1.29 is 22.9 Å². The zero-order valence-corrected chi connectivity index (χ0v) is 30.5. The fourth-order valence-corrected chi connectivity index (χ4v) is 7.97. The van der Waals surface area contributed by atoms with Gasteiger partial charge in [0.05, 0.1) is 15.4 Å². The summed E-state index contributed by atoms with van der Waals surface area (Å²) < 4.78 is 34.5. The van der Waals surface area contributed by atoms with Gasteiger partial charge in [0.2, 0.25) is 0 Å². The average molecular weight is 712 g/mol. The molecule has 11 nitrogen and oxygen atoms in total. The molecule has 266 valence electrons. The standard InChI is InChI=1S/C36H49N5O6S2/c1-5-6-10-20-36(47-4)21-24-40(25-22-36)30-15-13-28(14-16-30)35(42)38-49(45,46)32-17-18-33(34(26-32)41(43)44)37-29(19-23-39(2)3)27-48-31-11-8-7-9-12-31/h7-9,11-18,26,29,37H,5-6,10,19-25,27H2,1-4H3,(H,38,42)/t29-/m1/s1. The second kappa shape index (κ2) is 17.8. The number of nitrogens with zero attached hydrogens (tertiary/aromatic N) is 3. The SMILES string of the molecule is CCCCCC1(OC)CCN(c2ccc(C(=O)NS(=O)(=O)c3ccc(N[C@H](CCN(C)C)CSc4ccccc4)c([N+](=O)[O-])c3)cc2)CC1. The molecule has 3 aromatic carbocycles. The van der Waals surface area contributed by atoms with Crippen molar-refractivity contribution in [2.75, 3.05) is 56.8 Å². The molecule has 2 N–H and O–H groups in total. The molecule has 1 amide bonds. The first-order chi connectivity index (χ1) is 23.4. The van der Waals surface area contributed by atoms with E-state index in [0.29, 0.717) is 12.2 Å². The van der Waals surface area contributed by atoms with Gasteiger partial charge in [-0.05, 0) is 94.9 Å². The highest BCUT2D eigenvalue weighted by molar-refractivity contribution is 7.99. The summed E-state index contributed by atoms with van der Waals surface area (Å²) in [6.07, 6.45) is 7.10. The summed E-state index contributed by atoms with van der Waals surface area (Å²) >= 11 is 1.64. The molecule has 1 aliphatic heterocycles. The third-order valence-electron chi connectivity index (χ3n) is 9.02. The number of rotatable bonds is 18. The number of nitro groups is 1. The molecule has 3 aromatic rings. The molecule has 1 aliphatic rings. The summed E-state index contributed by atoms with van der Waals surface area (Å²) in [5, 5.41) is 15.4. The fourth-order valence-electron chi connectivity index (χ4n) is 5.99. The maximum atomic E-state index is 13.3. The monoisotopic (exact) mass is 711 g/mol. The number of carbonyl (C=O) groups excluding carboxylic acids is 1. The second-order valence-corrected chi connectivity index (χ2v) is 15.6. The van der Waals surface area contributed by atoms with Gasteiger partial charge in [0.1, 0.15) is 5.69 Å². The van der Waals surface area contributed by atoms with E-state index in [1.807, 2.05) is 61.5 Å². The Labute approximate surface area is 295 Å². The average Bonchev–Trinajstić information content (AvgIpc) is 3.10. The lowest BCUT2D eigenvalue weighted by atomic mass is 9.85. The number of nitro benzene ring substituents is 1. The minimum absolute atomic E-state index is 0.0988. The zero-order valence-electron chi connectivity index (χ0n) is 28.9. The Bertz CT molecular complexity index is 1630. The number of ether oxygens (including phenoxy) is 1. The zero-order chi connectivity index (χ0) is 35.4.